The number of hydrogen-bond acceptors (Lipinski definition) is 2. The third-order valence-corrected chi connectivity index (χ3v) is 3.17. The van der Waals surface area contributed by atoms with Gasteiger partial charge in [-0.25, -0.2) is 4.39 Å². The molecule has 2 N–H and O–H groups in total. The summed E-state index contributed by atoms with van der Waals surface area (Å²) >= 11 is 0. The Kier molecular flexibility index (Phi) is 3.32. The van der Waals surface area contributed by atoms with Crippen molar-refractivity contribution in [3.05, 3.63) is 35.6 Å². The molecule has 0 aliphatic heterocycles. The minimum atomic E-state index is -0.926. The van der Waals surface area contributed by atoms with Crippen LogP contribution in [-0.2, 0) is 9.59 Å². The van der Waals surface area contributed by atoms with Gasteiger partial charge in [-0.2, -0.15) is 0 Å². The van der Waals surface area contributed by atoms with E-state index in [9.17, 15) is 14.0 Å². The van der Waals surface area contributed by atoms with Gasteiger partial charge in [0, 0.05) is 0 Å². The predicted octanol–water partition coefficient (Wildman–Crippen LogP) is 1.72. The van der Waals surface area contributed by atoms with Crippen LogP contribution in [0.2, 0.25) is 0 Å². The molecule has 0 saturated heterocycles. The van der Waals surface area contributed by atoms with Crippen molar-refractivity contribution >= 4 is 11.9 Å². The number of nitrogens with one attached hydrogen (secondary N) is 1. The normalized spacial score (nSPS) is 23.2. The summed E-state index contributed by atoms with van der Waals surface area (Å²) in [6.45, 7) is 1.78. The molecule has 2 rings (SSSR count). The quantitative estimate of drug-likeness (QED) is 0.856. The van der Waals surface area contributed by atoms with Gasteiger partial charge in [0.1, 0.15) is 5.82 Å². The van der Waals surface area contributed by atoms with Crippen LogP contribution in [0.4, 0.5) is 4.39 Å². The molecule has 1 amide bonds. The molecule has 1 saturated carbocycles. The van der Waals surface area contributed by atoms with Crippen molar-refractivity contribution in [3.63, 3.8) is 0 Å². The molecule has 0 aromatic heterocycles. The summed E-state index contributed by atoms with van der Waals surface area (Å²) in [7, 11) is 0. The first-order chi connectivity index (χ1) is 8.49. The first kappa shape index (κ1) is 12.5. The SMILES string of the molecule is C[C@H](NC(=O)[C@@H]1C[C@@H]1C(=O)O)c1ccc(F)cc1. The van der Waals surface area contributed by atoms with Crippen LogP contribution in [0.5, 0.6) is 0 Å². The zero-order valence-electron chi connectivity index (χ0n) is 9.89. The fraction of sp³-hybridized carbons (Fsp3) is 0.385. The average molecular weight is 251 g/mol. The van der Waals surface area contributed by atoms with E-state index in [4.69, 9.17) is 5.11 Å². The molecule has 0 bridgehead atoms. The van der Waals surface area contributed by atoms with E-state index < -0.39 is 17.8 Å². The molecule has 18 heavy (non-hydrogen) atoms. The number of carbonyl (C=O) groups is 2. The summed E-state index contributed by atoms with van der Waals surface area (Å²) in [5.41, 5.74) is 0.789. The van der Waals surface area contributed by atoms with Crippen molar-refractivity contribution in [2.75, 3.05) is 0 Å². The van der Waals surface area contributed by atoms with Crippen molar-refractivity contribution in [3.8, 4) is 0 Å². The van der Waals surface area contributed by atoms with Crippen molar-refractivity contribution in [2.45, 2.75) is 19.4 Å². The summed E-state index contributed by atoms with van der Waals surface area (Å²) in [5.74, 6) is -2.48. The fourth-order valence-corrected chi connectivity index (χ4v) is 1.91. The number of amides is 1. The number of carboxylic acid groups (broad SMARTS) is 1. The molecule has 1 fully saturated rings. The van der Waals surface area contributed by atoms with Crippen molar-refractivity contribution < 1.29 is 19.1 Å². The Bertz CT molecular complexity index is 472. The molecule has 96 valence electrons. The zero-order valence-corrected chi connectivity index (χ0v) is 9.89. The van der Waals surface area contributed by atoms with Crippen LogP contribution in [0.15, 0.2) is 24.3 Å². The van der Waals surface area contributed by atoms with Gasteiger partial charge in [-0.1, -0.05) is 12.1 Å². The fourth-order valence-electron chi connectivity index (χ4n) is 1.91. The van der Waals surface area contributed by atoms with Crippen molar-refractivity contribution in [1.29, 1.82) is 0 Å². The van der Waals surface area contributed by atoms with E-state index in [1.165, 1.54) is 12.1 Å². The smallest absolute Gasteiger partial charge is 0.307 e. The second-order valence-corrected chi connectivity index (χ2v) is 4.57. The molecular weight excluding hydrogens is 237 g/mol. The summed E-state index contributed by atoms with van der Waals surface area (Å²) in [6, 6.07) is 5.60. The highest BCUT2D eigenvalue weighted by Gasteiger charge is 2.48. The molecule has 3 atom stereocenters. The van der Waals surface area contributed by atoms with Gasteiger partial charge < -0.3 is 10.4 Å². The van der Waals surface area contributed by atoms with E-state index in [1.54, 1.807) is 19.1 Å². The number of carbonyl (C=O) groups excluding carboxylic acids is 1. The number of hydrogen-bond donors (Lipinski definition) is 2. The zero-order chi connectivity index (χ0) is 13.3. The third kappa shape index (κ3) is 2.67. The van der Waals surface area contributed by atoms with Gasteiger partial charge in [0.2, 0.25) is 5.91 Å². The number of aliphatic carboxylic acids is 1. The molecule has 0 radical (unpaired) electrons. The van der Waals surface area contributed by atoms with Gasteiger partial charge in [-0.15, -0.1) is 0 Å². The van der Waals surface area contributed by atoms with Gasteiger partial charge in [0.25, 0.3) is 0 Å². The number of carboxylic acids is 1. The van der Waals surface area contributed by atoms with E-state index in [2.05, 4.69) is 5.32 Å². The van der Waals surface area contributed by atoms with Gasteiger partial charge in [-0.3, -0.25) is 9.59 Å². The molecule has 1 aliphatic carbocycles. The minimum Gasteiger partial charge on any atom is -0.481 e. The monoisotopic (exact) mass is 251 g/mol. The van der Waals surface area contributed by atoms with E-state index in [0.717, 1.165) is 5.56 Å². The lowest BCUT2D eigenvalue weighted by molar-refractivity contribution is -0.140. The van der Waals surface area contributed by atoms with Crippen molar-refractivity contribution in [2.24, 2.45) is 11.8 Å². The maximum Gasteiger partial charge on any atom is 0.307 e. The highest BCUT2D eigenvalue weighted by atomic mass is 19.1. The van der Waals surface area contributed by atoms with Crippen LogP contribution in [-0.4, -0.2) is 17.0 Å². The van der Waals surface area contributed by atoms with Crippen LogP contribution < -0.4 is 5.32 Å². The molecule has 1 aromatic rings. The van der Waals surface area contributed by atoms with Crippen LogP contribution in [0.1, 0.15) is 24.9 Å². The Morgan fingerprint density at radius 1 is 1.33 bits per heavy atom. The van der Waals surface area contributed by atoms with Crippen LogP contribution in [0.25, 0.3) is 0 Å². The lowest BCUT2D eigenvalue weighted by atomic mass is 10.1. The average Bonchev–Trinajstić information content (AvgIpc) is 3.09. The highest BCUT2D eigenvalue weighted by molar-refractivity contribution is 5.89. The minimum absolute atomic E-state index is 0.251. The van der Waals surface area contributed by atoms with Crippen molar-refractivity contribution in [1.82, 2.24) is 5.32 Å². The summed E-state index contributed by atoms with van der Waals surface area (Å²) in [4.78, 5) is 22.4. The van der Waals surface area contributed by atoms with Gasteiger partial charge in [0.15, 0.2) is 0 Å². The molecule has 1 aromatic carbocycles. The first-order valence-corrected chi connectivity index (χ1v) is 5.77. The molecule has 0 spiro atoms. The second-order valence-electron chi connectivity index (χ2n) is 4.57. The third-order valence-electron chi connectivity index (χ3n) is 3.17. The van der Waals surface area contributed by atoms with Gasteiger partial charge in [-0.05, 0) is 31.0 Å². The molecule has 5 heteroatoms. The van der Waals surface area contributed by atoms with E-state index >= 15 is 0 Å². The highest BCUT2D eigenvalue weighted by Crippen LogP contribution is 2.39. The lowest BCUT2D eigenvalue weighted by Crippen LogP contribution is -2.29. The summed E-state index contributed by atoms with van der Waals surface area (Å²) in [5, 5.41) is 11.5. The molecule has 1 aliphatic rings. The van der Waals surface area contributed by atoms with E-state index in [0.29, 0.717) is 6.42 Å². The largest absolute Gasteiger partial charge is 0.481 e. The van der Waals surface area contributed by atoms with Crippen LogP contribution >= 0.6 is 0 Å². The lowest BCUT2D eigenvalue weighted by Gasteiger charge is -2.14. The molecule has 4 nitrogen and oxygen atoms in total. The summed E-state index contributed by atoms with van der Waals surface area (Å²) in [6.07, 6.45) is 0.400. The van der Waals surface area contributed by atoms with Crippen LogP contribution in [0.3, 0.4) is 0 Å². The van der Waals surface area contributed by atoms with E-state index in [1.807, 2.05) is 0 Å². The predicted molar refractivity (Wildman–Crippen MR) is 62.2 cm³/mol. The Labute approximate surface area is 104 Å². The second kappa shape index (κ2) is 4.76. The topological polar surface area (TPSA) is 66.4 Å². The van der Waals surface area contributed by atoms with Gasteiger partial charge in [0.05, 0.1) is 17.9 Å². The Balaban J connectivity index is 1.92. The molecule has 0 unspecified atom stereocenters. The maximum atomic E-state index is 12.7. The summed E-state index contributed by atoms with van der Waals surface area (Å²) < 4.78 is 12.7. The molecule has 0 heterocycles. The van der Waals surface area contributed by atoms with Crippen LogP contribution in [0, 0.1) is 17.7 Å². The number of rotatable bonds is 4. The Morgan fingerprint density at radius 3 is 2.44 bits per heavy atom. The first-order valence-electron chi connectivity index (χ1n) is 5.77. The standard InChI is InChI=1S/C13H14FNO3/c1-7(8-2-4-9(14)5-3-8)15-12(16)10-6-11(10)13(17)18/h2-5,7,10-11H,6H2,1H3,(H,15,16)(H,17,18)/t7-,10+,11-/m0/s1. The number of halogens is 1. The molecular formula is C13H14FNO3. The van der Waals surface area contributed by atoms with Gasteiger partial charge >= 0.3 is 5.97 Å². The number of benzene rings is 1. The maximum absolute atomic E-state index is 12.7. The Hall–Kier alpha value is -1.91. The Morgan fingerprint density at radius 2 is 1.94 bits per heavy atom. The van der Waals surface area contributed by atoms with E-state index in [-0.39, 0.29) is 17.8 Å².